The van der Waals surface area contributed by atoms with Gasteiger partial charge in [0.1, 0.15) is 6.26 Å². The maximum Gasteiger partial charge on any atom is 0.297 e. The number of nitrogens with one attached hydrogen (secondary N) is 1. The molecule has 0 aromatic carbocycles. The quantitative estimate of drug-likeness (QED) is 0.835. The van der Waals surface area contributed by atoms with E-state index in [1.165, 1.54) is 0 Å². The standard InChI is InChI=1S/C12H23N3O/c1-6-15(7-2)11-14-10(9-16-11)8-13-12(3,4)5/h9,13H,6-8H2,1-5H3. The molecule has 0 amide bonds. The Hall–Kier alpha value is -1.03. The van der Waals surface area contributed by atoms with Crippen molar-refractivity contribution in [2.45, 2.75) is 46.7 Å². The lowest BCUT2D eigenvalue weighted by molar-refractivity contribution is 0.421. The van der Waals surface area contributed by atoms with Crippen molar-refractivity contribution in [2.24, 2.45) is 0 Å². The number of nitrogens with zero attached hydrogens (tertiary/aromatic N) is 2. The van der Waals surface area contributed by atoms with E-state index in [1.807, 2.05) is 0 Å². The van der Waals surface area contributed by atoms with E-state index in [0.717, 1.165) is 31.3 Å². The van der Waals surface area contributed by atoms with Gasteiger partial charge in [0.05, 0.1) is 5.69 Å². The summed E-state index contributed by atoms with van der Waals surface area (Å²) >= 11 is 0. The van der Waals surface area contributed by atoms with Gasteiger partial charge in [0.25, 0.3) is 6.01 Å². The fourth-order valence-corrected chi connectivity index (χ4v) is 1.37. The molecule has 0 bridgehead atoms. The Labute approximate surface area is 98.0 Å². The van der Waals surface area contributed by atoms with Gasteiger partial charge in [-0.25, -0.2) is 0 Å². The topological polar surface area (TPSA) is 41.3 Å². The number of aromatic nitrogens is 1. The molecule has 0 spiro atoms. The Morgan fingerprint density at radius 1 is 1.31 bits per heavy atom. The zero-order chi connectivity index (χ0) is 12.2. The van der Waals surface area contributed by atoms with E-state index in [4.69, 9.17) is 4.42 Å². The first-order chi connectivity index (χ1) is 7.46. The number of rotatable bonds is 5. The van der Waals surface area contributed by atoms with Gasteiger partial charge in [0, 0.05) is 25.2 Å². The molecule has 0 aliphatic heterocycles. The minimum atomic E-state index is 0.105. The molecule has 0 radical (unpaired) electrons. The Morgan fingerprint density at radius 2 is 1.94 bits per heavy atom. The van der Waals surface area contributed by atoms with Gasteiger partial charge in [0.2, 0.25) is 0 Å². The average molecular weight is 225 g/mol. The van der Waals surface area contributed by atoms with Crippen molar-refractivity contribution in [2.75, 3.05) is 18.0 Å². The second-order valence-corrected chi connectivity index (χ2v) is 4.90. The van der Waals surface area contributed by atoms with Crippen LogP contribution in [0, 0.1) is 0 Å². The third-order valence-electron chi connectivity index (χ3n) is 2.37. The van der Waals surface area contributed by atoms with E-state index < -0.39 is 0 Å². The molecule has 0 aliphatic rings. The lowest BCUT2D eigenvalue weighted by Gasteiger charge is -2.19. The molecule has 1 aromatic heterocycles. The summed E-state index contributed by atoms with van der Waals surface area (Å²) in [5.74, 6) is 0. The van der Waals surface area contributed by atoms with E-state index in [0.29, 0.717) is 0 Å². The van der Waals surface area contributed by atoms with E-state index in [2.05, 4.69) is 49.8 Å². The molecule has 0 atom stereocenters. The molecule has 1 aromatic rings. The predicted octanol–water partition coefficient (Wildman–Crippen LogP) is 2.41. The number of hydrogen-bond acceptors (Lipinski definition) is 4. The van der Waals surface area contributed by atoms with E-state index >= 15 is 0 Å². The zero-order valence-corrected chi connectivity index (χ0v) is 11.0. The number of oxazole rings is 1. The molecule has 4 nitrogen and oxygen atoms in total. The molecule has 92 valence electrons. The highest BCUT2D eigenvalue weighted by atomic mass is 16.4. The number of hydrogen-bond donors (Lipinski definition) is 1. The van der Waals surface area contributed by atoms with Crippen LogP contribution in [0.1, 0.15) is 40.3 Å². The zero-order valence-electron chi connectivity index (χ0n) is 11.0. The lowest BCUT2D eigenvalue weighted by Crippen LogP contribution is -2.35. The van der Waals surface area contributed by atoms with Gasteiger partial charge in [0.15, 0.2) is 0 Å². The summed E-state index contributed by atoms with van der Waals surface area (Å²) < 4.78 is 5.45. The van der Waals surface area contributed by atoms with Crippen LogP contribution in [-0.4, -0.2) is 23.6 Å². The Balaban J connectivity index is 2.58. The lowest BCUT2D eigenvalue weighted by atomic mass is 10.1. The van der Waals surface area contributed by atoms with E-state index in [1.54, 1.807) is 6.26 Å². The van der Waals surface area contributed by atoms with Crippen LogP contribution in [0.3, 0.4) is 0 Å². The van der Waals surface area contributed by atoms with Crippen molar-refractivity contribution < 1.29 is 4.42 Å². The van der Waals surface area contributed by atoms with Crippen LogP contribution in [0.2, 0.25) is 0 Å². The maximum atomic E-state index is 5.45. The van der Waals surface area contributed by atoms with Gasteiger partial charge in [-0.15, -0.1) is 0 Å². The summed E-state index contributed by atoms with van der Waals surface area (Å²) in [5.41, 5.74) is 1.06. The highest BCUT2D eigenvalue weighted by molar-refractivity contribution is 5.26. The average Bonchev–Trinajstić information content (AvgIpc) is 2.65. The highest BCUT2D eigenvalue weighted by Gasteiger charge is 2.12. The third-order valence-corrected chi connectivity index (χ3v) is 2.37. The van der Waals surface area contributed by atoms with E-state index in [9.17, 15) is 0 Å². The second kappa shape index (κ2) is 5.34. The van der Waals surface area contributed by atoms with Gasteiger partial charge in [-0.1, -0.05) is 0 Å². The molecule has 0 saturated heterocycles. The molecule has 16 heavy (non-hydrogen) atoms. The predicted molar refractivity (Wildman–Crippen MR) is 66.7 cm³/mol. The molecular weight excluding hydrogens is 202 g/mol. The van der Waals surface area contributed by atoms with Gasteiger partial charge >= 0.3 is 0 Å². The van der Waals surface area contributed by atoms with Gasteiger partial charge in [-0.3, -0.25) is 0 Å². The van der Waals surface area contributed by atoms with Crippen LogP contribution in [0.15, 0.2) is 10.7 Å². The smallest absolute Gasteiger partial charge is 0.297 e. The van der Waals surface area contributed by atoms with Gasteiger partial charge < -0.3 is 14.6 Å². The van der Waals surface area contributed by atoms with Gasteiger partial charge in [-0.05, 0) is 34.6 Å². The highest BCUT2D eigenvalue weighted by Crippen LogP contribution is 2.13. The number of anilines is 1. The molecule has 4 heteroatoms. The molecular formula is C12H23N3O. The van der Waals surface area contributed by atoms with Crippen molar-refractivity contribution in [3.05, 3.63) is 12.0 Å². The molecule has 1 N–H and O–H groups in total. The fraction of sp³-hybridized carbons (Fsp3) is 0.750. The molecule has 0 unspecified atom stereocenters. The van der Waals surface area contributed by atoms with E-state index in [-0.39, 0.29) is 5.54 Å². The normalized spacial score (nSPS) is 11.8. The summed E-state index contributed by atoms with van der Waals surface area (Å²) in [7, 11) is 0. The van der Waals surface area contributed by atoms with Crippen molar-refractivity contribution in [1.82, 2.24) is 10.3 Å². The molecule has 1 rings (SSSR count). The summed E-state index contributed by atoms with van der Waals surface area (Å²) in [6, 6.07) is 0.718. The Bertz CT molecular complexity index is 310. The largest absolute Gasteiger partial charge is 0.432 e. The summed E-state index contributed by atoms with van der Waals surface area (Å²) in [6.07, 6.45) is 1.73. The van der Waals surface area contributed by atoms with Crippen LogP contribution in [-0.2, 0) is 6.54 Å². The summed E-state index contributed by atoms with van der Waals surface area (Å²) in [6.45, 7) is 13.2. The van der Waals surface area contributed by atoms with Crippen LogP contribution < -0.4 is 10.2 Å². The van der Waals surface area contributed by atoms with Crippen molar-refractivity contribution in [3.63, 3.8) is 0 Å². The first-order valence-electron chi connectivity index (χ1n) is 5.90. The van der Waals surface area contributed by atoms with Crippen LogP contribution >= 0.6 is 0 Å². The molecule has 0 fully saturated rings. The maximum absolute atomic E-state index is 5.45. The van der Waals surface area contributed by atoms with Gasteiger partial charge in [-0.2, -0.15) is 4.98 Å². The van der Waals surface area contributed by atoms with Crippen molar-refractivity contribution >= 4 is 6.01 Å². The Morgan fingerprint density at radius 3 is 2.44 bits per heavy atom. The Kier molecular flexibility index (Phi) is 4.35. The molecule has 0 aliphatic carbocycles. The van der Waals surface area contributed by atoms with Crippen LogP contribution in [0.4, 0.5) is 6.01 Å². The molecule has 1 heterocycles. The minimum absolute atomic E-state index is 0.105. The fourth-order valence-electron chi connectivity index (χ4n) is 1.37. The SMILES string of the molecule is CCN(CC)c1nc(CNC(C)(C)C)co1. The minimum Gasteiger partial charge on any atom is -0.432 e. The first-order valence-corrected chi connectivity index (χ1v) is 5.90. The van der Waals surface area contributed by atoms with Crippen molar-refractivity contribution in [1.29, 1.82) is 0 Å². The van der Waals surface area contributed by atoms with Crippen molar-refractivity contribution in [3.8, 4) is 0 Å². The van der Waals surface area contributed by atoms with Crippen LogP contribution in [0.25, 0.3) is 0 Å². The van der Waals surface area contributed by atoms with Crippen LogP contribution in [0.5, 0.6) is 0 Å². The summed E-state index contributed by atoms with van der Waals surface area (Å²) in [5, 5.41) is 3.39. The second-order valence-electron chi connectivity index (χ2n) is 4.90. The first kappa shape index (κ1) is 13.0. The third kappa shape index (κ3) is 3.85. The molecule has 0 saturated carbocycles. The monoisotopic (exact) mass is 225 g/mol. The summed E-state index contributed by atoms with van der Waals surface area (Å²) in [4.78, 5) is 6.55.